The summed E-state index contributed by atoms with van der Waals surface area (Å²) in [5.41, 5.74) is 10.5. The number of rotatable bonds is 3. The highest BCUT2D eigenvalue weighted by molar-refractivity contribution is 6.20. The Kier molecular flexibility index (Phi) is 3.48. The van der Waals surface area contributed by atoms with Gasteiger partial charge in [-0.05, 0) is 18.4 Å². The molecule has 1 unspecified atom stereocenters. The van der Waals surface area contributed by atoms with E-state index in [1.165, 1.54) is 0 Å². The highest BCUT2D eigenvalue weighted by Crippen LogP contribution is 2.24. The van der Waals surface area contributed by atoms with Crippen molar-refractivity contribution < 1.29 is 0 Å². The van der Waals surface area contributed by atoms with Gasteiger partial charge in [0.25, 0.3) is 0 Å². The Bertz CT molecular complexity index is 81.1. The Morgan fingerprint density at radius 2 is 2.00 bits per heavy atom. The van der Waals surface area contributed by atoms with Crippen LogP contribution in [-0.2, 0) is 0 Å². The van der Waals surface area contributed by atoms with Crippen molar-refractivity contribution >= 4 is 11.6 Å². The number of hydrogen-bond acceptors (Lipinski definition) is 2. The fourth-order valence-corrected chi connectivity index (χ4v) is 0.619. The van der Waals surface area contributed by atoms with Crippen molar-refractivity contribution in [3.63, 3.8) is 0 Å². The van der Waals surface area contributed by atoms with E-state index in [1.807, 2.05) is 13.8 Å². The summed E-state index contributed by atoms with van der Waals surface area (Å²) in [4.78, 5) is 0. The number of hydrogen-bond donors (Lipinski definition) is 2. The first-order valence-corrected chi connectivity index (χ1v) is 3.54. The molecule has 0 saturated heterocycles. The lowest BCUT2D eigenvalue weighted by Gasteiger charge is -2.26. The van der Waals surface area contributed by atoms with Crippen LogP contribution in [-0.4, -0.2) is 12.0 Å². The molecule has 56 valence electrons. The second-order valence-corrected chi connectivity index (χ2v) is 3.40. The third-order valence-electron chi connectivity index (χ3n) is 1.54. The van der Waals surface area contributed by atoms with E-state index in [-0.39, 0.29) is 10.9 Å². The molecule has 0 amide bonds. The van der Waals surface area contributed by atoms with Crippen LogP contribution in [0.2, 0.25) is 0 Å². The molecule has 0 aromatic rings. The summed E-state index contributed by atoms with van der Waals surface area (Å²) in [6.45, 7) is 4.67. The van der Waals surface area contributed by atoms with Crippen LogP contribution in [0.4, 0.5) is 0 Å². The molecular formula is C6H15ClN2. The molecule has 0 fully saturated rings. The molecule has 0 saturated carbocycles. The monoisotopic (exact) mass is 150 g/mol. The van der Waals surface area contributed by atoms with Crippen molar-refractivity contribution in [2.24, 2.45) is 16.9 Å². The maximum atomic E-state index is 5.67. The summed E-state index contributed by atoms with van der Waals surface area (Å²) in [6.07, 6.45) is 0.873. The summed E-state index contributed by atoms with van der Waals surface area (Å²) in [6, 6.07) is 0. The summed E-state index contributed by atoms with van der Waals surface area (Å²) in [5, 5.41) is 0. The summed E-state index contributed by atoms with van der Waals surface area (Å²) >= 11 is 5.67. The fraction of sp³-hybridized carbons (Fsp3) is 1.00. The molecule has 0 aliphatic rings. The third kappa shape index (κ3) is 3.04. The molecule has 1 atom stereocenters. The lowest BCUT2D eigenvalue weighted by molar-refractivity contribution is 0.326. The predicted molar refractivity (Wildman–Crippen MR) is 41.3 cm³/mol. The second-order valence-electron chi connectivity index (χ2n) is 2.93. The lowest BCUT2D eigenvalue weighted by Crippen LogP contribution is -2.34. The van der Waals surface area contributed by atoms with E-state index >= 15 is 0 Å². The summed E-state index contributed by atoms with van der Waals surface area (Å²) < 4.78 is 0. The minimum absolute atomic E-state index is 0.0314. The first-order valence-electron chi connectivity index (χ1n) is 3.10. The molecule has 0 bridgehead atoms. The largest absolute Gasteiger partial charge is 0.330 e. The van der Waals surface area contributed by atoms with E-state index in [9.17, 15) is 0 Å². The Labute approximate surface area is 61.5 Å². The topological polar surface area (TPSA) is 52.0 Å². The maximum Gasteiger partial charge on any atom is 0.0852 e. The number of halogens is 1. The zero-order chi connectivity index (χ0) is 7.49. The first kappa shape index (κ1) is 9.21. The van der Waals surface area contributed by atoms with Crippen LogP contribution in [0, 0.1) is 5.41 Å². The van der Waals surface area contributed by atoms with Gasteiger partial charge >= 0.3 is 0 Å². The van der Waals surface area contributed by atoms with Gasteiger partial charge in [0.15, 0.2) is 0 Å². The zero-order valence-electron chi connectivity index (χ0n) is 6.02. The smallest absolute Gasteiger partial charge is 0.0852 e. The van der Waals surface area contributed by atoms with Crippen molar-refractivity contribution in [1.82, 2.24) is 0 Å². The van der Waals surface area contributed by atoms with E-state index in [0.717, 1.165) is 6.42 Å². The minimum Gasteiger partial charge on any atom is -0.330 e. The molecule has 0 aliphatic carbocycles. The van der Waals surface area contributed by atoms with Crippen LogP contribution in [0.15, 0.2) is 0 Å². The lowest BCUT2D eigenvalue weighted by atomic mass is 9.89. The van der Waals surface area contributed by atoms with E-state index < -0.39 is 0 Å². The van der Waals surface area contributed by atoms with Crippen LogP contribution in [0.3, 0.4) is 0 Å². The summed E-state index contributed by atoms with van der Waals surface area (Å²) in [7, 11) is 0. The van der Waals surface area contributed by atoms with Gasteiger partial charge in [0, 0.05) is 0 Å². The molecule has 9 heavy (non-hydrogen) atoms. The van der Waals surface area contributed by atoms with Gasteiger partial charge in [0.2, 0.25) is 0 Å². The van der Waals surface area contributed by atoms with Crippen molar-refractivity contribution in [3.8, 4) is 0 Å². The van der Waals surface area contributed by atoms with Gasteiger partial charge in [-0.25, -0.2) is 0 Å². The second kappa shape index (κ2) is 3.40. The van der Waals surface area contributed by atoms with Crippen LogP contribution >= 0.6 is 11.6 Å². The molecule has 0 aromatic carbocycles. The molecule has 4 N–H and O–H groups in total. The zero-order valence-corrected chi connectivity index (χ0v) is 6.78. The molecule has 0 aliphatic heterocycles. The van der Waals surface area contributed by atoms with Crippen LogP contribution in [0.1, 0.15) is 20.3 Å². The molecule has 3 heteroatoms. The average Bonchev–Trinajstić information content (AvgIpc) is 1.65. The molecule has 0 rings (SSSR count). The first-order chi connectivity index (χ1) is 4.00. The van der Waals surface area contributed by atoms with E-state index in [0.29, 0.717) is 6.54 Å². The van der Waals surface area contributed by atoms with Gasteiger partial charge in [-0.15, -0.1) is 11.6 Å². The number of alkyl halides is 1. The molecule has 0 aromatic heterocycles. The van der Waals surface area contributed by atoms with Crippen LogP contribution < -0.4 is 11.5 Å². The third-order valence-corrected chi connectivity index (χ3v) is 2.13. The predicted octanol–water partition coefficient (Wildman–Crippen LogP) is 0.885. The molecule has 0 spiro atoms. The van der Waals surface area contributed by atoms with Gasteiger partial charge in [-0.2, -0.15) is 0 Å². The fourth-order valence-electron chi connectivity index (χ4n) is 0.510. The maximum absolute atomic E-state index is 5.67. The molecule has 0 heterocycles. The molecule has 2 nitrogen and oxygen atoms in total. The quantitative estimate of drug-likeness (QED) is 0.464. The van der Waals surface area contributed by atoms with Gasteiger partial charge in [-0.3, -0.25) is 0 Å². The standard InChI is InChI=1S/C6H15ClN2/c1-6(2,3-4-8)5(7)9/h5H,3-4,8-9H2,1-2H3. The van der Waals surface area contributed by atoms with Crippen molar-refractivity contribution in [1.29, 1.82) is 0 Å². The molecular weight excluding hydrogens is 136 g/mol. The average molecular weight is 151 g/mol. The number of nitrogens with two attached hydrogens (primary N) is 2. The Balaban J connectivity index is 3.70. The van der Waals surface area contributed by atoms with Crippen LogP contribution in [0.5, 0.6) is 0 Å². The van der Waals surface area contributed by atoms with Gasteiger partial charge in [-0.1, -0.05) is 13.8 Å². The normalized spacial score (nSPS) is 15.7. The van der Waals surface area contributed by atoms with Crippen LogP contribution in [0.25, 0.3) is 0 Å². The van der Waals surface area contributed by atoms with Gasteiger partial charge in [0.05, 0.1) is 5.50 Å². The SMILES string of the molecule is CC(C)(CCN)C(N)Cl. The van der Waals surface area contributed by atoms with E-state index in [1.54, 1.807) is 0 Å². The Morgan fingerprint density at radius 3 is 2.11 bits per heavy atom. The van der Waals surface area contributed by atoms with Gasteiger partial charge < -0.3 is 11.5 Å². The van der Waals surface area contributed by atoms with Crippen molar-refractivity contribution in [2.45, 2.75) is 25.8 Å². The van der Waals surface area contributed by atoms with Crippen molar-refractivity contribution in [3.05, 3.63) is 0 Å². The summed E-state index contributed by atoms with van der Waals surface area (Å²) in [5.74, 6) is 0. The van der Waals surface area contributed by atoms with Crippen molar-refractivity contribution in [2.75, 3.05) is 6.54 Å². The minimum atomic E-state index is -0.291. The van der Waals surface area contributed by atoms with E-state index in [4.69, 9.17) is 23.1 Å². The van der Waals surface area contributed by atoms with E-state index in [2.05, 4.69) is 0 Å². The van der Waals surface area contributed by atoms with Gasteiger partial charge in [0.1, 0.15) is 0 Å². The highest BCUT2D eigenvalue weighted by atomic mass is 35.5. The molecule has 0 radical (unpaired) electrons. The highest BCUT2D eigenvalue weighted by Gasteiger charge is 2.22. The Hall–Kier alpha value is 0.210. The Morgan fingerprint density at radius 1 is 1.56 bits per heavy atom.